The minimum absolute atomic E-state index is 0.190. The molecule has 0 aliphatic rings. The molecule has 2 aromatic carbocycles. The number of ether oxygens (including phenoxy) is 1. The number of halogens is 1. The van der Waals surface area contributed by atoms with E-state index in [2.05, 4.69) is 30.9 Å². The van der Waals surface area contributed by atoms with Gasteiger partial charge in [-0.2, -0.15) is 0 Å². The molecule has 0 radical (unpaired) electrons. The lowest BCUT2D eigenvalue weighted by Crippen LogP contribution is -2.39. The van der Waals surface area contributed by atoms with E-state index in [0.29, 0.717) is 22.4 Å². The number of carbonyl (C=O) groups is 1. The van der Waals surface area contributed by atoms with E-state index in [-0.39, 0.29) is 12.5 Å². The first-order chi connectivity index (χ1) is 14.9. The number of nitrogens with zero attached hydrogens (tertiary/aromatic N) is 3. The van der Waals surface area contributed by atoms with Crippen LogP contribution in [0.15, 0.2) is 59.6 Å². The highest BCUT2D eigenvalue weighted by atomic mass is 35.5. The number of hydrogen-bond donors (Lipinski definition) is 3. The molecule has 9 heteroatoms. The van der Waals surface area contributed by atoms with Crippen molar-refractivity contribution in [2.75, 3.05) is 17.7 Å². The molecule has 0 unspecified atom stereocenters. The SMILES string of the molecule is COc1ccccc1CN=C(NC(=O)Nc1cccc(Cl)c1)Nc1nc(C)cc(C)n1. The summed E-state index contributed by atoms with van der Waals surface area (Å²) in [7, 11) is 1.60. The van der Waals surface area contributed by atoms with Crippen molar-refractivity contribution in [2.45, 2.75) is 20.4 Å². The number of aryl methyl sites for hydroxylation is 2. The lowest BCUT2D eigenvalue weighted by molar-refractivity contribution is 0.256. The largest absolute Gasteiger partial charge is 0.496 e. The first-order valence-corrected chi connectivity index (χ1v) is 9.90. The molecular weight excluding hydrogens is 416 g/mol. The van der Waals surface area contributed by atoms with Gasteiger partial charge in [0.05, 0.1) is 13.7 Å². The monoisotopic (exact) mass is 438 g/mol. The third-order valence-electron chi connectivity index (χ3n) is 4.13. The van der Waals surface area contributed by atoms with Crippen LogP contribution < -0.4 is 20.7 Å². The zero-order valence-electron chi connectivity index (χ0n) is 17.4. The smallest absolute Gasteiger partial charge is 0.326 e. The molecule has 8 nitrogen and oxygen atoms in total. The van der Waals surface area contributed by atoms with Crippen molar-refractivity contribution < 1.29 is 9.53 Å². The van der Waals surface area contributed by atoms with E-state index in [9.17, 15) is 4.79 Å². The summed E-state index contributed by atoms with van der Waals surface area (Å²) in [6.45, 7) is 4.00. The van der Waals surface area contributed by atoms with Gasteiger partial charge in [-0.15, -0.1) is 0 Å². The van der Waals surface area contributed by atoms with E-state index >= 15 is 0 Å². The topological polar surface area (TPSA) is 101 Å². The summed E-state index contributed by atoms with van der Waals surface area (Å²) in [6, 6.07) is 15.8. The average Bonchev–Trinajstić information content (AvgIpc) is 2.71. The van der Waals surface area contributed by atoms with Crippen LogP contribution in [-0.2, 0) is 6.54 Å². The van der Waals surface area contributed by atoms with Crippen LogP contribution in [0.25, 0.3) is 0 Å². The molecule has 3 aromatic rings. The second-order valence-electron chi connectivity index (χ2n) is 6.67. The number of anilines is 2. The van der Waals surface area contributed by atoms with Crippen LogP contribution in [0.5, 0.6) is 5.75 Å². The predicted molar refractivity (Wildman–Crippen MR) is 123 cm³/mol. The molecule has 0 spiro atoms. The number of aromatic nitrogens is 2. The van der Waals surface area contributed by atoms with Crippen LogP contribution in [0.3, 0.4) is 0 Å². The van der Waals surface area contributed by atoms with E-state index in [1.165, 1.54) is 0 Å². The fourth-order valence-electron chi connectivity index (χ4n) is 2.83. The van der Waals surface area contributed by atoms with Crippen molar-refractivity contribution in [3.8, 4) is 5.75 Å². The lowest BCUT2D eigenvalue weighted by Gasteiger charge is -2.13. The highest BCUT2D eigenvalue weighted by molar-refractivity contribution is 6.30. The number of benzene rings is 2. The number of urea groups is 1. The first-order valence-electron chi connectivity index (χ1n) is 9.52. The summed E-state index contributed by atoms with van der Waals surface area (Å²) in [4.78, 5) is 25.7. The zero-order chi connectivity index (χ0) is 22.2. The van der Waals surface area contributed by atoms with E-state index in [1.54, 1.807) is 31.4 Å². The lowest BCUT2D eigenvalue weighted by atomic mass is 10.2. The van der Waals surface area contributed by atoms with Gasteiger partial charge in [0.1, 0.15) is 5.75 Å². The molecule has 3 N–H and O–H groups in total. The van der Waals surface area contributed by atoms with Crippen LogP contribution >= 0.6 is 11.6 Å². The van der Waals surface area contributed by atoms with E-state index in [4.69, 9.17) is 16.3 Å². The summed E-state index contributed by atoms with van der Waals surface area (Å²) in [5, 5.41) is 8.93. The highest BCUT2D eigenvalue weighted by Crippen LogP contribution is 2.18. The molecule has 0 saturated heterocycles. The Hall–Kier alpha value is -3.65. The minimum Gasteiger partial charge on any atom is -0.496 e. The molecule has 1 aromatic heterocycles. The average molecular weight is 439 g/mol. The molecule has 1 heterocycles. The maximum atomic E-state index is 12.5. The Balaban J connectivity index is 1.81. The van der Waals surface area contributed by atoms with Crippen molar-refractivity contribution in [2.24, 2.45) is 4.99 Å². The van der Waals surface area contributed by atoms with Crippen molar-refractivity contribution in [3.05, 3.63) is 76.6 Å². The number of methoxy groups -OCH3 is 1. The van der Waals surface area contributed by atoms with Crippen molar-refractivity contribution >= 4 is 35.2 Å². The molecule has 160 valence electrons. The van der Waals surface area contributed by atoms with Crippen LogP contribution in [0.1, 0.15) is 17.0 Å². The van der Waals surface area contributed by atoms with Gasteiger partial charge in [0, 0.05) is 27.7 Å². The van der Waals surface area contributed by atoms with E-state index < -0.39 is 6.03 Å². The van der Waals surface area contributed by atoms with Crippen molar-refractivity contribution in [1.82, 2.24) is 15.3 Å². The second-order valence-corrected chi connectivity index (χ2v) is 7.10. The van der Waals surface area contributed by atoms with Gasteiger partial charge in [0.25, 0.3) is 0 Å². The number of rotatable bonds is 5. The standard InChI is InChI=1S/C22H23ClN6O2/c1-14-11-15(2)26-21(25-14)28-20(24-13-16-7-4-5-10-19(16)31-3)29-22(30)27-18-9-6-8-17(23)12-18/h4-12H,13H2,1-3H3,(H3,24,25,26,27,28,29,30). The van der Waals surface area contributed by atoms with Crippen LogP contribution in [0.4, 0.5) is 16.4 Å². The Kier molecular flexibility index (Phi) is 7.40. The Morgan fingerprint density at radius 1 is 1.03 bits per heavy atom. The fraction of sp³-hybridized carbons (Fsp3) is 0.182. The van der Waals surface area contributed by atoms with Gasteiger partial charge < -0.3 is 10.1 Å². The Morgan fingerprint density at radius 2 is 1.77 bits per heavy atom. The normalized spacial score (nSPS) is 11.0. The maximum Gasteiger partial charge on any atom is 0.326 e. The number of para-hydroxylation sites is 1. The molecular formula is C22H23ClN6O2. The number of nitrogens with one attached hydrogen (secondary N) is 3. The maximum absolute atomic E-state index is 12.5. The highest BCUT2D eigenvalue weighted by Gasteiger charge is 2.10. The number of guanidine groups is 1. The van der Waals surface area contributed by atoms with Crippen molar-refractivity contribution in [1.29, 1.82) is 0 Å². The van der Waals surface area contributed by atoms with Gasteiger partial charge in [0.15, 0.2) is 0 Å². The first kappa shape index (κ1) is 22.0. The van der Waals surface area contributed by atoms with E-state index in [1.807, 2.05) is 44.2 Å². The Bertz CT molecular complexity index is 1080. The number of amides is 2. The van der Waals surface area contributed by atoms with Gasteiger partial charge >= 0.3 is 6.03 Å². The molecule has 2 amide bonds. The summed E-state index contributed by atoms with van der Waals surface area (Å²) in [5.41, 5.74) is 3.00. The Labute approximate surface area is 185 Å². The summed E-state index contributed by atoms with van der Waals surface area (Å²) >= 11 is 5.98. The molecule has 0 atom stereocenters. The molecule has 31 heavy (non-hydrogen) atoms. The molecule has 0 fully saturated rings. The van der Waals surface area contributed by atoms with Gasteiger partial charge in [-0.25, -0.2) is 19.8 Å². The quantitative estimate of drug-likeness (QED) is 0.401. The number of carbonyl (C=O) groups excluding carboxylic acids is 1. The molecule has 0 bridgehead atoms. The number of aliphatic imine (C=N–C) groups is 1. The summed E-state index contributed by atoms with van der Waals surface area (Å²) in [6.07, 6.45) is 0. The van der Waals surface area contributed by atoms with Gasteiger partial charge in [0.2, 0.25) is 11.9 Å². The summed E-state index contributed by atoms with van der Waals surface area (Å²) < 4.78 is 5.37. The predicted octanol–water partition coefficient (Wildman–Crippen LogP) is 4.55. The zero-order valence-corrected chi connectivity index (χ0v) is 18.2. The van der Waals surface area contributed by atoms with Crippen LogP contribution in [0.2, 0.25) is 5.02 Å². The molecule has 0 aliphatic heterocycles. The molecule has 3 rings (SSSR count). The Morgan fingerprint density at radius 3 is 2.48 bits per heavy atom. The van der Waals surface area contributed by atoms with E-state index in [0.717, 1.165) is 17.0 Å². The van der Waals surface area contributed by atoms with Gasteiger partial charge in [-0.05, 0) is 44.2 Å². The van der Waals surface area contributed by atoms with Crippen molar-refractivity contribution in [3.63, 3.8) is 0 Å². The second kappa shape index (κ2) is 10.4. The molecule has 0 saturated carbocycles. The summed E-state index contributed by atoms with van der Waals surface area (Å²) in [5.74, 6) is 1.23. The van der Waals surface area contributed by atoms with Gasteiger partial charge in [-0.3, -0.25) is 10.6 Å². The van der Waals surface area contributed by atoms with Crippen LogP contribution in [0, 0.1) is 13.8 Å². The fourth-order valence-corrected chi connectivity index (χ4v) is 3.02. The number of hydrogen-bond acceptors (Lipinski definition) is 5. The minimum atomic E-state index is -0.488. The molecule has 0 aliphatic carbocycles. The van der Waals surface area contributed by atoms with Crippen LogP contribution in [-0.4, -0.2) is 29.1 Å². The third kappa shape index (κ3) is 6.68. The third-order valence-corrected chi connectivity index (χ3v) is 4.36. The van der Waals surface area contributed by atoms with Gasteiger partial charge in [-0.1, -0.05) is 35.9 Å².